The second-order valence-corrected chi connectivity index (χ2v) is 6.62. The molecule has 2 rings (SSSR count). The minimum absolute atomic E-state index is 1.08. The molecule has 0 amide bonds. The van der Waals surface area contributed by atoms with Gasteiger partial charge < -0.3 is 0 Å². The van der Waals surface area contributed by atoms with Crippen molar-refractivity contribution in [1.82, 2.24) is 0 Å². The molecule has 0 atom stereocenters. The largest absolute Gasteiger partial charge is 0.0654 e. The number of rotatable bonds is 4. The Balaban J connectivity index is 2.47. The van der Waals surface area contributed by atoms with E-state index in [0.717, 1.165) is 10.2 Å². The summed E-state index contributed by atoms with van der Waals surface area (Å²) in [5.41, 5.74) is 1.41. The molecule has 0 radical (unpaired) electrons. The Morgan fingerprint density at radius 1 is 1.11 bits per heavy atom. The molecule has 0 bridgehead atoms. The highest BCUT2D eigenvalue weighted by Gasteiger charge is 2.05. The van der Waals surface area contributed by atoms with Crippen molar-refractivity contribution in [3.05, 3.63) is 52.5 Å². The molecule has 0 N–H and O–H groups in total. The van der Waals surface area contributed by atoms with Crippen LogP contribution >= 0.6 is 15.9 Å². The van der Waals surface area contributed by atoms with Gasteiger partial charge in [0.2, 0.25) is 0 Å². The van der Waals surface area contributed by atoms with Gasteiger partial charge in [0.25, 0.3) is 0 Å². The van der Waals surface area contributed by atoms with Crippen LogP contribution in [0.2, 0.25) is 0 Å². The lowest BCUT2D eigenvalue weighted by Gasteiger charge is -2.10. The van der Waals surface area contributed by atoms with E-state index in [1.165, 1.54) is 45.3 Å². The maximum Gasteiger partial charge on any atom is 0.0403 e. The van der Waals surface area contributed by atoms with E-state index in [1.54, 1.807) is 0 Å². The minimum atomic E-state index is 1.08. The van der Waals surface area contributed by atoms with Crippen LogP contribution in [0.15, 0.2) is 46.9 Å². The lowest BCUT2D eigenvalue weighted by atomic mass is 10.0. The zero-order valence-corrected chi connectivity index (χ0v) is 14.6. The molecule has 2 aromatic rings. The Labute approximate surface area is 121 Å². The summed E-state index contributed by atoms with van der Waals surface area (Å²) >= 11 is 3.78. The molecule has 0 aliphatic rings. The maximum absolute atomic E-state index is 3.78. The predicted molar refractivity (Wildman–Crippen MR) is 89.3 cm³/mol. The van der Waals surface area contributed by atoms with Gasteiger partial charge in [0.05, 0.1) is 0 Å². The van der Waals surface area contributed by atoms with Gasteiger partial charge in [-0.1, -0.05) is 76.9 Å². The van der Waals surface area contributed by atoms with E-state index in [4.69, 9.17) is 0 Å². The molecule has 0 saturated heterocycles. The summed E-state index contributed by atoms with van der Waals surface area (Å²) < 4.78 is 1.40. The van der Waals surface area contributed by atoms with E-state index in [-0.39, 0.29) is 0 Å². The van der Waals surface area contributed by atoms with Gasteiger partial charge in [0.15, 0.2) is 0 Å². The minimum Gasteiger partial charge on any atom is -0.0654 e. The number of halogens is 1. The molecule has 0 heterocycles. The normalized spacial score (nSPS) is 12.8. The molecular formula is C16H19BrSi. The maximum atomic E-state index is 3.78. The van der Waals surface area contributed by atoms with Crippen molar-refractivity contribution in [3.8, 4) is 0 Å². The van der Waals surface area contributed by atoms with Gasteiger partial charge in [-0.25, -0.2) is 0 Å². The molecule has 0 aliphatic carbocycles. The Bertz CT molecular complexity index is 567. The van der Waals surface area contributed by atoms with Crippen molar-refractivity contribution < 1.29 is 0 Å². The summed E-state index contributed by atoms with van der Waals surface area (Å²) in [6.07, 6.45) is 3.68. The van der Waals surface area contributed by atoms with Crippen LogP contribution in [0.5, 0.6) is 0 Å². The van der Waals surface area contributed by atoms with Crippen LogP contribution in [0.4, 0.5) is 0 Å². The first kappa shape index (κ1) is 13.6. The van der Waals surface area contributed by atoms with Gasteiger partial charge >= 0.3 is 0 Å². The molecule has 2 heteroatoms. The van der Waals surface area contributed by atoms with Gasteiger partial charge in [-0.15, -0.1) is 0 Å². The Kier molecular flexibility index (Phi) is 4.78. The fourth-order valence-corrected chi connectivity index (χ4v) is 3.40. The Morgan fingerprint density at radius 2 is 1.83 bits per heavy atom. The third kappa shape index (κ3) is 2.93. The molecule has 0 nitrogen and oxygen atoms in total. The molecule has 0 fully saturated rings. The van der Waals surface area contributed by atoms with Gasteiger partial charge in [-0.3, -0.25) is 0 Å². The summed E-state index contributed by atoms with van der Waals surface area (Å²) in [6, 6.07) is 15.2. The first-order chi connectivity index (χ1) is 8.74. The van der Waals surface area contributed by atoms with Crippen molar-refractivity contribution in [3.63, 3.8) is 0 Å². The van der Waals surface area contributed by atoms with Crippen LogP contribution in [-0.2, 0) is 0 Å². The predicted octanol–water partition coefficient (Wildman–Crippen LogP) is 4.46. The van der Waals surface area contributed by atoms with Crippen LogP contribution in [0.1, 0.15) is 31.7 Å². The summed E-state index contributed by atoms with van der Waals surface area (Å²) in [6.45, 7) is 2.24. The van der Waals surface area contributed by atoms with Crippen LogP contribution in [0.25, 0.3) is 16.0 Å². The zero-order valence-electron chi connectivity index (χ0n) is 11.0. The van der Waals surface area contributed by atoms with Crippen molar-refractivity contribution >= 4 is 42.1 Å². The molecule has 0 unspecified atom stereocenters. The Morgan fingerprint density at radius 3 is 2.61 bits per heavy atom. The van der Waals surface area contributed by atoms with E-state index in [1.807, 2.05) is 0 Å². The van der Waals surface area contributed by atoms with Crippen LogP contribution in [0.3, 0.4) is 0 Å². The molecule has 94 valence electrons. The number of fused-ring (bicyclic) bond motifs is 1. The second kappa shape index (κ2) is 6.35. The van der Waals surface area contributed by atoms with Crippen LogP contribution < -0.4 is 0 Å². The summed E-state index contributed by atoms with van der Waals surface area (Å²) in [4.78, 5) is 0. The summed E-state index contributed by atoms with van der Waals surface area (Å²) in [7, 11) is 1.08. The molecule has 0 saturated carbocycles. The lowest BCUT2D eigenvalue weighted by Crippen LogP contribution is -1.89. The molecule has 0 spiro atoms. The van der Waals surface area contributed by atoms with E-state index in [2.05, 4.69) is 65.3 Å². The molecule has 18 heavy (non-hydrogen) atoms. The number of benzene rings is 2. The number of hydrogen-bond acceptors (Lipinski definition) is 0. The first-order valence-corrected chi connectivity index (χ1v) is 8.36. The van der Waals surface area contributed by atoms with E-state index in [9.17, 15) is 0 Å². The third-order valence-electron chi connectivity index (χ3n) is 3.35. The fraction of sp³-hybridized carbons (Fsp3) is 0.250. The highest BCUT2D eigenvalue weighted by molar-refractivity contribution is 9.11. The summed E-state index contributed by atoms with van der Waals surface area (Å²) in [5, 5.41) is 4.21. The standard InChI is InChI=1S/C16H19BrSi/c1-2-3-11-15(17)16(18)14-10-6-8-12-7-4-5-9-13(12)14/h4-10H,2-3,11H2,1,18H3. The topological polar surface area (TPSA) is 0 Å². The molecular weight excluding hydrogens is 300 g/mol. The van der Waals surface area contributed by atoms with Gasteiger partial charge in [-0.05, 0) is 33.7 Å². The van der Waals surface area contributed by atoms with Gasteiger partial charge in [-0.2, -0.15) is 0 Å². The smallest absolute Gasteiger partial charge is 0.0403 e. The van der Waals surface area contributed by atoms with Crippen molar-refractivity contribution in [2.24, 2.45) is 0 Å². The lowest BCUT2D eigenvalue weighted by molar-refractivity contribution is 0.812. The van der Waals surface area contributed by atoms with Crippen molar-refractivity contribution in [2.45, 2.75) is 26.2 Å². The van der Waals surface area contributed by atoms with Crippen molar-refractivity contribution in [2.75, 3.05) is 0 Å². The SMILES string of the molecule is CCCCC(Br)=C([SiH3])c1cccc2ccccc12. The fourth-order valence-electron chi connectivity index (χ4n) is 2.22. The second-order valence-electron chi connectivity index (χ2n) is 4.66. The van der Waals surface area contributed by atoms with Crippen molar-refractivity contribution in [1.29, 1.82) is 0 Å². The number of allylic oxidation sites excluding steroid dienone is 1. The molecule has 2 aromatic carbocycles. The van der Waals surface area contributed by atoms with Crippen LogP contribution in [0, 0.1) is 0 Å². The summed E-state index contributed by atoms with van der Waals surface area (Å²) in [5.74, 6) is 0. The monoisotopic (exact) mass is 318 g/mol. The van der Waals surface area contributed by atoms with Gasteiger partial charge in [0.1, 0.15) is 0 Å². The quantitative estimate of drug-likeness (QED) is 0.730. The molecule has 0 aromatic heterocycles. The molecule has 0 aliphatic heterocycles. The third-order valence-corrected chi connectivity index (χ3v) is 6.22. The number of unbranched alkanes of at least 4 members (excludes halogenated alkanes) is 1. The first-order valence-electron chi connectivity index (χ1n) is 6.57. The average molecular weight is 319 g/mol. The zero-order chi connectivity index (χ0) is 13.0. The Hall–Kier alpha value is -0.863. The van der Waals surface area contributed by atoms with E-state index in [0.29, 0.717) is 0 Å². The van der Waals surface area contributed by atoms with E-state index < -0.39 is 0 Å². The van der Waals surface area contributed by atoms with Crippen LogP contribution in [-0.4, -0.2) is 10.2 Å². The van der Waals surface area contributed by atoms with Gasteiger partial charge in [0, 0.05) is 10.2 Å². The number of hydrogen-bond donors (Lipinski definition) is 0. The average Bonchev–Trinajstić information content (AvgIpc) is 2.43. The highest BCUT2D eigenvalue weighted by Crippen LogP contribution is 2.29. The highest BCUT2D eigenvalue weighted by atomic mass is 79.9. The van der Waals surface area contributed by atoms with E-state index >= 15 is 0 Å².